The van der Waals surface area contributed by atoms with E-state index in [1.165, 1.54) is 6.07 Å². The molecule has 1 aromatic carbocycles. The van der Waals surface area contributed by atoms with Crippen LogP contribution in [0.25, 0.3) is 0 Å². The van der Waals surface area contributed by atoms with Crippen LogP contribution in [0.15, 0.2) is 18.2 Å². The van der Waals surface area contributed by atoms with Crippen molar-refractivity contribution in [3.8, 4) is 0 Å². The largest absolute Gasteiger partial charge is 0.481 e. The van der Waals surface area contributed by atoms with Crippen molar-refractivity contribution in [2.24, 2.45) is 0 Å². The van der Waals surface area contributed by atoms with Gasteiger partial charge in [0.25, 0.3) is 0 Å². The van der Waals surface area contributed by atoms with Gasteiger partial charge in [0.15, 0.2) is 0 Å². The lowest BCUT2D eigenvalue weighted by Gasteiger charge is -2.05. The average Bonchev–Trinajstić information content (AvgIpc) is 2.18. The second kappa shape index (κ2) is 5.49. The molecule has 1 aromatic rings. The maximum absolute atomic E-state index is 13.1. The third-order valence-corrected chi connectivity index (χ3v) is 2.47. The van der Waals surface area contributed by atoms with Crippen LogP contribution in [-0.4, -0.2) is 11.1 Å². The molecule has 0 heterocycles. The minimum atomic E-state index is -0.772. The first-order valence-electron chi connectivity index (χ1n) is 5.07. The Kier molecular flexibility index (Phi) is 4.28. The van der Waals surface area contributed by atoms with E-state index in [-0.39, 0.29) is 12.2 Å². The monoisotopic (exact) mass is 210 g/mol. The van der Waals surface area contributed by atoms with Crippen LogP contribution < -0.4 is 0 Å². The first-order chi connectivity index (χ1) is 7.11. The first-order valence-corrected chi connectivity index (χ1v) is 5.07. The van der Waals surface area contributed by atoms with Crippen molar-refractivity contribution in [3.63, 3.8) is 0 Å². The number of unbranched alkanes of at least 4 members (excludes halogenated alkanes) is 1. The Hall–Kier alpha value is -1.38. The standard InChI is InChI=1S/C12H15FO2/c1-9-10(6-4-7-11(9)13)5-2-3-8-12(14)15/h4,6-7H,2-3,5,8H2,1H3,(H,14,15). The molecule has 0 fully saturated rings. The predicted octanol–water partition coefficient (Wildman–Crippen LogP) is 2.93. The van der Waals surface area contributed by atoms with Crippen molar-refractivity contribution in [2.75, 3.05) is 0 Å². The van der Waals surface area contributed by atoms with Gasteiger partial charge in [-0.25, -0.2) is 4.39 Å². The van der Waals surface area contributed by atoms with Crippen molar-refractivity contribution in [1.82, 2.24) is 0 Å². The molecule has 0 bridgehead atoms. The van der Waals surface area contributed by atoms with Gasteiger partial charge in [0, 0.05) is 6.42 Å². The van der Waals surface area contributed by atoms with Gasteiger partial charge in [0.2, 0.25) is 0 Å². The Morgan fingerprint density at radius 2 is 2.13 bits per heavy atom. The lowest BCUT2D eigenvalue weighted by atomic mass is 10.0. The molecule has 0 saturated carbocycles. The number of carboxylic acid groups (broad SMARTS) is 1. The zero-order valence-electron chi connectivity index (χ0n) is 8.79. The normalized spacial score (nSPS) is 10.3. The van der Waals surface area contributed by atoms with Crippen LogP contribution in [0.1, 0.15) is 30.4 Å². The molecule has 0 unspecified atom stereocenters. The maximum Gasteiger partial charge on any atom is 0.303 e. The highest BCUT2D eigenvalue weighted by Gasteiger charge is 2.03. The molecule has 0 amide bonds. The summed E-state index contributed by atoms with van der Waals surface area (Å²) in [6, 6.07) is 5.02. The third kappa shape index (κ3) is 3.70. The van der Waals surface area contributed by atoms with Gasteiger partial charge in [0.1, 0.15) is 5.82 Å². The molecule has 0 aliphatic carbocycles. The fourth-order valence-electron chi connectivity index (χ4n) is 1.51. The lowest BCUT2D eigenvalue weighted by Crippen LogP contribution is -1.96. The van der Waals surface area contributed by atoms with Gasteiger partial charge in [-0.05, 0) is 43.4 Å². The van der Waals surface area contributed by atoms with Crippen molar-refractivity contribution >= 4 is 5.97 Å². The van der Waals surface area contributed by atoms with Crippen LogP contribution in [0.3, 0.4) is 0 Å². The van der Waals surface area contributed by atoms with E-state index in [4.69, 9.17) is 5.11 Å². The highest BCUT2D eigenvalue weighted by Crippen LogP contribution is 2.14. The number of aliphatic carboxylic acids is 1. The number of halogens is 1. The van der Waals surface area contributed by atoms with Gasteiger partial charge in [0.05, 0.1) is 0 Å². The topological polar surface area (TPSA) is 37.3 Å². The summed E-state index contributed by atoms with van der Waals surface area (Å²) in [6.07, 6.45) is 2.37. The summed E-state index contributed by atoms with van der Waals surface area (Å²) in [7, 11) is 0. The van der Waals surface area contributed by atoms with Crippen LogP contribution in [0.2, 0.25) is 0 Å². The Bertz CT molecular complexity index is 347. The van der Waals surface area contributed by atoms with Crippen LogP contribution in [-0.2, 0) is 11.2 Å². The molecule has 0 spiro atoms. The van der Waals surface area contributed by atoms with E-state index >= 15 is 0 Å². The Balaban J connectivity index is 2.44. The molecule has 15 heavy (non-hydrogen) atoms. The smallest absolute Gasteiger partial charge is 0.303 e. The molecule has 1 N–H and O–H groups in total. The summed E-state index contributed by atoms with van der Waals surface area (Å²) in [4.78, 5) is 10.3. The van der Waals surface area contributed by atoms with E-state index in [0.717, 1.165) is 18.4 Å². The second-order valence-corrected chi connectivity index (χ2v) is 3.62. The molecule has 0 saturated heterocycles. The number of hydrogen-bond donors (Lipinski definition) is 1. The van der Waals surface area contributed by atoms with E-state index in [2.05, 4.69) is 0 Å². The number of benzene rings is 1. The number of rotatable bonds is 5. The average molecular weight is 210 g/mol. The summed E-state index contributed by atoms with van der Waals surface area (Å²) in [5, 5.41) is 8.45. The lowest BCUT2D eigenvalue weighted by molar-refractivity contribution is -0.137. The van der Waals surface area contributed by atoms with Crippen LogP contribution in [0.5, 0.6) is 0 Å². The molecule has 2 nitrogen and oxygen atoms in total. The van der Waals surface area contributed by atoms with Crippen LogP contribution in [0, 0.1) is 12.7 Å². The van der Waals surface area contributed by atoms with Gasteiger partial charge in [-0.3, -0.25) is 4.79 Å². The fraction of sp³-hybridized carbons (Fsp3) is 0.417. The maximum atomic E-state index is 13.1. The molecule has 0 aliphatic heterocycles. The predicted molar refractivity (Wildman–Crippen MR) is 56.3 cm³/mol. The summed E-state index contributed by atoms with van der Waals surface area (Å²) in [5.74, 6) is -0.961. The SMILES string of the molecule is Cc1c(F)cccc1CCCCC(=O)O. The molecule has 0 atom stereocenters. The zero-order valence-corrected chi connectivity index (χ0v) is 8.79. The minimum absolute atomic E-state index is 0.189. The van der Waals surface area contributed by atoms with E-state index in [9.17, 15) is 9.18 Å². The zero-order chi connectivity index (χ0) is 11.3. The highest BCUT2D eigenvalue weighted by molar-refractivity contribution is 5.66. The van der Waals surface area contributed by atoms with Gasteiger partial charge < -0.3 is 5.11 Å². The molecule has 0 radical (unpaired) electrons. The molecular formula is C12H15FO2. The first kappa shape index (κ1) is 11.7. The van der Waals surface area contributed by atoms with Crippen molar-refractivity contribution in [3.05, 3.63) is 35.1 Å². The van der Waals surface area contributed by atoms with Crippen molar-refractivity contribution in [1.29, 1.82) is 0 Å². The van der Waals surface area contributed by atoms with Crippen molar-refractivity contribution < 1.29 is 14.3 Å². The van der Waals surface area contributed by atoms with E-state index < -0.39 is 5.97 Å². The Morgan fingerprint density at radius 1 is 1.40 bits per heavy atom. The summed E-state index contributed by atoms with van der Waals surface area (Å²) < 4.78 is 13.1. The van der Waals surface area contributed by atoms with Gasteiger partial charge >= 0.3 is 5.97 Å². The van der Waals surface area contributed by atoms with Gasteiger partial charge in [-0.2, -0.15) is 0 Å². The summed E-state index contributed by atoms with van der Waals surface area (Å²) in [5.41, 5.74) is 1.65. The third-order valence-electron chi connectivity index (χ3n) is 2.47. The fourth-order valence-corrected chi connectivity index (χ4v) is 1.51. The Labute approximate surface area is 88.7 Å². The van der Waals surface area contributed by atoms with E-state index in [1.807, 2.05) is 6.07 Å². The van der Waals surface area contributed by atoms with E-state index in [0.29, 0.717) is 12.0 Å². The molecule has 1 rings (SSSR count). The quantitative estimate of drug-likeness (QED) is 0.759. The molecule has 3 heteroatoms. The molecule has 0 aliphatic rings. The molecule has 0 aromatic heterocycles. The Morgan fingerprint density at radius 3 is 2.80 bits per heavy atom. The number of hydrogen-bond acceptors (Lipinski definition) is 1. The van der Waals surface area contributed by atoms with Crippen molar-refractivity contribution in [2.45, 2.75) is 32.6 Å². The summed E-state index contributed by atoms with van der Waals surface area (Å²) >= 11 is 0. The molecular weight excluding hydrogens is 195 g/mol. The molecule has 82 valence electrons. The summed E-state index contributed by atoms with van der Waals surface area (Å²) in [6.45, 7) is 1.75. The number of carboxylic acids is 1. The van der Waals surface area contributed by atoms with Gasteiger partial charge in [-0.15, -0.1) is 0 Å². The van der Waals surface area contributed by atoms with Crippen LogP contribution >= 0.6 is 0 Å². The van der Waals surface area contributed by atoms with Crippen LogP contribution in [0.4, 0.5) is 4.39 Å². The number of aryl methyl sites for hydroxylation is 1. The second-order valence-electron chi connectivity index (χ2n) is 3.62. The van der Waals surface area contributed by atoms with Gasteiger partial charge in [-0.1, -0.05) is 12.1 Å². The van der Waals surface area contributed by atoms with E-state index in [1.54, 1.807) is 13.0 Å². The minimum Gasteiger partial charge on any atom is -0.481 e. The number of carbonyl (C=O) groups is 1. The highest BCUT2D eigenvalue weighted by atomic mass is 19.1.